The van der Waals surface area contributed by atoms with E-state index in [2.05, 4.69) is 20.1 Å². The normalized spacial score (nSPS) is 15.0. The number of anilines is 1. The summed E-state index contributed by atoms with van der Waals surface area (Å²) in [4.78, 5) is 21.7. The molecule has 1 aromatic heterocycles. The maximum Gasteiger partial charge on any atom is 0.251 e. The molecular weight excluding hydrogens is 513 g/mol. The molecule has 1 aliphatic rings. The zero-order valence-corrected chi connectivity index (χ0v) is 23.0. The summed E-state index contributed by atoms with van der Waals surface area (Å²) in [7, 11) is -3.56. The molecule has 1 amide bonds. The Labute approximate surface area is 222 Å². The van der Waals surface area contributed by atoms with E-state index in [1.165, 1.54) is 33.8 Å². The van der Waals surface area contributed by atoms with Crippen LogP contribution in [0, 0.1) is 5.82 Å². The number of aromatic nitrogens is 1. The van der Waals surface area contributed by atoms with Gasteiger partial charge >= 0.3 is 0 Å². The summed E-state index contributed by atoms with van der Waals surface area (Å²) in [5, 5.41) is 3.77. The average molecular weight is 548 g/mol. The van der Waals surface area contributed by atoms with Crippen LogP contribution in [-0.2, 0) is 10.0 Å². The van der Waals surface area contributed by atoms with Crippen LogP contribution in [0.4, 0.5) is 9.52 Å². The maximum absolute atomic E-state index is 14.0. The molecule has 2 aromatic carbocycles. The number of carbonyl (C=O) groups excluding carboxylic acids is 1. The lowest BCUT2D eigenvalue weighted by Gasteiger charge is -2.34. The minimum atomic E-state index is -3.56. The van der Waals surface area contributed by atoms with Crippen molar-refractivity contribution in [2.75, 3.05) is 57.3 Å². The second-order valence-corrected chi connectivity index (χ2v) is 12.0. The molecule has 0 unspecified atom stereocenters. The van der Waals surface area contributed by atoms with Crippen LogP contribution in [0.1, 0.15) is 37.0 Å². The summed E-state index contributed by atoms with van der Waals surface area (Å²) in [6.07, 6.45) is 1.73. The Hall–Kier alpha value is -2.60. The van der Waals surface area contributed by atoms with Gasteiger partial charge in [0.1, 0.15) is 11.3 Å². The standard InChI is InChI=1S/C26H34FN5O3S2/c1-3-5-14-32(4-2)37(34,35)21-11-9-20(10-12-21)25(33)28-13-15-30-16-18-31(19-17-30)26-29-24-22(27)7-6-8-23(24)36-26/h6-12H,3-5,13-19H2,1-2H3,(H,28,33). The summed E-state index contributed by atoms with van der Waals surface area (Å²) < 4.78 is 42.0. The molecule has 1 aliphatic heterocycles. The fourth-order valence-corrected chi connectivity index (χ4v) is 6.86. The van der Waals surface area contributed by atoms with Crippen molar-refractivity contribution in [2.45, 2.75) is 31.6 Å². The molecule has 2 heterocycles. The van der Waals surface area contributed by atoms with E-state index in [-0.39, 0.29) is 16.6 Å². The highest BCUT2D eigenvalue weighted by molar-refractivity contribution is 7.89. The van der Waals surface area contributed by atoms with Crippen LogP contribution in [0.2, 0.25) is 0 Å². The quantitative estimate of drug-likeness (QED) is 0.393. The Morgan fingerprint density at radius 1 is 1.11 bits per heavy atom. The predicted molar refractivity (Wildman–Crippen MR) is 146 cm³/mol. The van der Waals surface area contributed by atoms with E-state index in [4.69, 9.17) is 0 Å². The number of hydrogen-bond donors (Lipinski definition) is 1. The van der Waals surface area contributed by atoms with Crippen LogP contribution in [0.3, 0.4) is 0 Å². The van der Waals surface area contributed by atoms with Crippen molar-refractivity contribution in [3.63, 3.8) is 0 Å². The lowest BCUT2D eigenvalue weighted by atomic mass is 10.2. The van der Waals surface area contributed by atoms with E-state index in [9.17, 15) is 17.6 Å². The number of unbranched alkanes of at least 4 members (excludes halogenated alkanes) is 1. The summed E-state index contributed by atoms with van der Waals surface area (Å²) in [6, 6.07) is 11.2. The van der Waals surface area contributed by atoms with Crippen LogP contribution in [-0.4, -0.2) is 80.9 Å². The molecule has 37 heavy (non-hydrogen) atoms. The number of nitrogens with one attached hydrogen (secondary N) is 1. The Morgan fingerprint density at radius 2 is 1.84 bits per heavy atom. The van der Waals surface area contributed by atoms with E-state index in [1.807, 2.05) is 19.9 Å². The number of rotatable bonds is 11. The highest BCUT2D eigenvalue weighted by Crippen LogP contribution is 2.30. The van der Waals surface area contributed by atoms with Gasteiger partial charge < -0.3 is 10.2 Å². The number of hydrogen-bond acceptors (Lipinski definition) is 7. The van der Waals surface area contributed by atoms with E-state index in [0.717, 1.165) is 48.9 Å². The van der Waals surface area contributed by atoms with Crippen molar-refractivity contribution in [1.29, 1.82) is 0 Å². The van der Waals surface area contributed by atoms with Gasteiger partial charge in [0.2, 0.25) is 10.0 Å². The number of benzene rings is 2. The molecule has 0 spiro atoms. The zero-order valence-electron chi connectivity index (χ0n) is 21.3. The highest BCUT2D eigenvalue weighted by atomic mass is 32.2. The third kappa shape index (κ3) is 6.46. The van der Waals surface area contributed by atoms with Crippen LogP contribution in [0.5, 0.6) is 0 Å². The van der Waals surface area contributed by atoms with Crippen molar-refractivity contribution in [3.05, 3.63) is 53.8 Å². The Bertz CT molecular complexity index is 1310. The van der Waals surface area contributed by atoms with Crippen LogP contribution in [0.25, 0.3) is 10.2 Å². The number of thiazole rings is 1. The number of carbonyl (C=O) groups is 1. The number of para-hydroxylation sites is 1. The first-order valence-corrected chi connectivity index (χ1v) is 15.0. The number of piperazine rings is 1. The number of fused-ring (bicyclic) bond motifs is 1. The summed E-state index contributed by atoms with van der Waals surface area (Å²) in [6.45, 7) is 9.20. The molecule has 0 aliphatic carbocycles. The molecule has 200 valence electrons. The zero-order chi connectivity index (χ0) is 26.4. The van der Waals surface area contributed by atoms with Gasteiger partial charge in [0.05, 0.1) is 9.60 Å². The molecule has 0 saturated carbocycles. The Morgan fingerprint density at radius 3 is 2.49 bits per heavy atom. The molecule has 0 bridgehead atoms. The SMILES string of the molecule is CCCCN(CC)S(=O)(=O)c1ccc(C(=O)NCCN2CCN(c3nc4c(F)cccc4s3)CC2)cc1. The van der Waals surface area contributed by atoms with E-state index in [0.29, 0.717) is 37.3 Å². The minimum Gasteiger partial charge on any atom is -0.351 e. The molecule has 0 radical (unpaired) electrons. The lowest BCUT2D eigenvalue weighted by Crippen LogP contribution is -2.48. The number of sulfonamides is 1. The van der Waals surface area contributed by atoms with Gasteiger partial charge in [0.25, 0.3) is 5.91 Å². The highest BCUT2D eigenvalue weighted by Gasteiger charge is 2.23. The maximum atomic E-state index is 14.0. The molecule has 1 N–H and O–H groups in total. The number of amides is 1. The number of halogens is 1. The van der Waals surface area contributed by atoms with Crippen LogP contribution >= 0.6 is 11.3 Å². The van der Waals surface area contributed by atoms with E-state index >= 15 is 0 Å². The Balaban J connectivity index is 1.24. The van der Waals surface area contributed by atoms with Crippen molar-refractivity contribution in [1.82, 2.24) is 19.5 Å². The first-order valence-electron chi connectivity index (χ1n) is 12.7. The van der Waals surface area contributed by atoms with Crippen LogP contribution < -0.4 is 10.2 Å². The smallest absolute Gasteiger partial charge is 0.251 e. The first kappa shape index (κ1) is 27.4. The summed E-state index contributed by atoms with van der Waals surface area (Å²) in [5.41, 5.74) is 0.862. The van der Waals surface area contributed by atoms with Crippen LogP contribution in [0.15, 0.2) is 47.4 Å². The van der Waals surface area contributed by atoms with Gasteiger partial charge in [-0.15, -0.1) is 0 Å². The number of nitrogens with zero attached hydrogens (tertiary/aromatic N) is 4. The van der Waals surface area contributed by atoms with Gasteiger partial charge in [-0.2, -0.15) is 4.31 Å². The van der Waals surface area contributed by atoms with Gasteiger partial charge in [-0.25, -0.2) is 17.8 Å². The second-order valence-electron chi connectivity index (χ2n) is 9.04. The van der Waals surface area contributed by atoms with Crippen molar-refractivity contribution >= 4 is 42.6 Å². The average Bonchev–Trinajstić information content (AvgIpc) is 3.35. The summed E-state index contributed by atoms with van der Waals surface area (Å²) in [5.74, 6) is -0.516. The van der Waals surface area contributed by atoms with Crippen molar-refractivity contribution < 1.29 is 17.6 Å². The fraction of sp³-hybridized carbons (Fsp3) is 0.462. The van der Waals surface area contributed by atoms with Crippen molar-refractivity contribution in [2.24, 2.45) is 0 Å². The lowest BCUT2D eigenvalue weighted by molar-refractivity contribution is 0.0947. The molecule has 1 fully saturated rings. The molecule has 0 atom stereocenters. The Kier molecular flexibility index (Phi) is 9.12. The molecule has 1 saturated heterocycles. The first-order chi connectivity index (χ1) is 17.8. The third-order valence-corrected chi connectivity index (χ3v) is 9.65. The molecule has 4 rings (SSSR count). The fourth-order valence-electron chi connectivity index (χ4n) is 4.34. The van der Waals surface area contributed by atoms with Gasteiger partial charge in [-0.05, 0) is 42.8 Å². The van der Waals surface area contributed by atoms with Gasteiger partial charge in [-0.1, -0.05) is 37.7 Å². The molecular formula is C26H34FN5O3S2. The monoisotopic (exact) mass is 547 g/mol. The molecule has 3 aromatic rings. The molecule has 8 nitrogen and oxygen atoms in total. The van der Waals surface area contributed by atoms with Gasteiger partial charge in [0, 0.05) is 57.9 Å². The van der Waals surface area contributed by atoms with Gasteiger partial charge in [0.15, 0.2) is 5.13 Å². The summed E-state index contributed by atoms with van der Waals surface area (Å²) >= 11 is 1.51. The van der Waals surface area contributed by atoms with E-state index in [1.54, 1.807) is 18.2 Å². The third-order valence-electron chi connectivity index (χ3n) is 6.58. The van der Waals surface area contributed by atoms with Gasteiger partial charge in [-0.3, -0.25) is 9.69 Å². The molecule has 11 heteroatoms. The minimum absolute atomic E-state index is 0.204. The van der Waals surface area contributed by atoms with E-state index < -0.39 is 10.0 Å². The largest absolute Gasteiger partial charge is 0.351 e. The second kappa shape index (κ2) is 12.3. The predicted octanol–water partition coefficient (Wildman–Crippen LogP) is 3.80. The van der Waals surface area contributed by atoms with Crippen molar-refractivity contribution in [3.8, 4) is 0 Å². The topological polar surface area (TPSA) is 85.8 Å².